The molecule has 2 aliphatic heterocycles. The lowest BCUT2D eigenvalue weighted by molar-refractivity contribution is -0.148. The van der Waals surface area contributed by atoms with Crippen molar-refractivity contribution >= 4 is 18.4 Å². The van der Waals surface area contributed by atoms with Crippen molar-refractivity contribution in [2.24, 2.45) is 5.92 Å². The standard InChI is InChI=1S/C18H25NO2.ClH/c1-3-18(17(20)21,13-7-5-4-6-8-13)14-11-15-9-10-16(12-14)19(15)2;/h4-8,14-16H,3,9-12H2,1-2H3,(H,20,21);1H. The van der Waals surface area contributed by atoms with Gasteiger partial charge in [-0.25, -0.2) is 0 Å². The zero-order valence-electron chi connectivity index (χ0n) is 13.4. The van der Waals surface area contributed by atoms with Gasteiger partial charge in [-0.3, -0.25) is 4.79 Å². The highest BCUT2D eigenvalue weighted by atomic mass is 35.5. The van der Waals surface area contributed by atoms with Gasteiger partial charge in [-0.05, 0) is 50.6 Å². The number of carbonyl (C=O) groups is 1. The van der Waals surface area contributed by atoms with Crippen molar-refractivity contribution < 1.29 is 9.90 Å². The number of benzene rings is 1. The van der Waals surface area contributed by atoms with E-state index in [-0.39, 0.29) is 18.3 Å². The average Bonchev–Trinajstić information content (AvgIpc) is 2.71. The third-order valence-corrected chi connectivity index (χ3v) is 6.02. The van der Waals surface area contributed by atoms with Crippen LogP contribution in [-0.4, -0.2) is 35.1 Å². The van der Waals surface area contributed by atoms with Gasteiger partial charge >= 0.3 is 5.97 Å². The molecular weight excluding hydrogens is 298 g/mol. The van der Waals surface area contributed by atoms with Gasteiger partial charge in [0.1, 0.15) is 0 Å². The quantitative estimate of drug-likeness (QED) is 0.918. The second kappa shape index (κ2) is 6.59. The van der Waals surface area contributed by atoms with Gasteiger partial charge in [-0.15, -0.1) is 12.4 Å². The Morgan fingerprint density at radius 2 is 1.77 bits per heavy atom. The van der Waals surface area contributed by atoms with Crippen LogP contribution in [-0.2, 0) is 10.2 Å². The fraction of sp³-hybridized carbons (Fsp3) is 0.611. The highest BCUT2D eigenvalue weighted by Gasteiger charge is 2.51. The molecule has 3 nitrogen and oxygen atoms in total. The molecule has 22 heavy (non-hydrogen) atoms. The van der Waals surface area contributed by atoms with E-state index >= 15 is 0 Å². The molecule has 0 aliphatic carbocycles. The van der Waals surface area contributed by atoms with E-state index in [0.717, 1.165) is 18.4 Å². The minimum absolute atomic E-state index is 0. The molecular formula is C18H26ClNO2. The van der Waals surface area contributed by atoms with Crippen molar-refractivity contribution in [3.05, 3.63) is 35.9 Å². The van der Waals surface area contributed by atoms with Gasteiger partial charge in [0, 0.05) is 12.1 Å². The number of piperidine rings is 1. The fourth-order valence-electron chi connectivity index (χ4n) is 4.73. The maximum Gasteiger partial charge on any atom is 0.314 e. The summed E-state index contributed by atoms with van der Waals surface area (Å²) in [6, 6.07) is 11.0. The number of carboxylic acids is 1. The smallest absolute Gasteiger partial charge is 0.314 e. The van der Waals surface area contributed by atoms with E-state index in [2.05, 4.69) is 11.9 Å². The molecule has 3 unspecified atom stereocenters. The van der Waals surface area contributed by atoms with Crippen molar-refractivity contribution in [1.29, 1.82) is 0 Å². The monoisotopic (exact) mass is 323 g/mol. The molecule has 1 N–H and O–H groups in total. The van der Waals surface area contributed by atoms with Crippen LogP contribution in [0.4, 0.5) is 0 Å². The maximum absolute atomic E-state index is 12.3. The molecule has 2 bridgehead atoms. The summed E-state index contributed by atoms with van der Waals surface area (Å²) in [5.41, 5.74) is 0.262. The SMILES string of the molecule is CCC(C(=O)O)(c1ccccc1)C1CC2CCC(C1)N2C.Cl. The predicted octanol–water partition coefficient (Wildman–Crippen LogP) is 3.71. The molecule has 3 rings (SSSR count). The Kier molecular flexibility index (Phi) is 5.18. The number of carboxylic acid groups (broad SMARTS) is 1. The van der Waals surface area contributed by atoms with Crippen LogP contribution in [0, 0.1) is 5.92 Å². The lowest BCUT2D eigenvalue weighted by atomic mass is 9.64. The molecule has 1 aromatic carbocycles. The molecule has 1 aromatic rings. The highest BCUT2D eigenvalue weighted by molar-refractivity contribution is 5.85. The van der Waals surface area contributed by atoms with Crippen molar-refractivity contribution in [2.45, 2.75) is 56.5 Å². The van der Waals surface area contributed by atoms with Crippen molar-refractivity contribution in [3.8, 4) is 0 Å². The van der Waals surface area contributed by atoms with Crippen LogP contribution in [0.3, 0.4) is 0 Å². The first-order chi connectivity index (χ1) is 10.1. The summed E-state index contributed by atoms with van der Waals surface area (Å²) in [6.45, 7) is 2.03. The Morgan fingerprint density at radius 1 is 1.23 bits per heavy atom. The van der Waals surface area contributed by atoms with Crippen LogP contribution in [0.25, 0.3) is 0 Å². The highest BCUT2D eigenvalue weighted by Crippen LogP contribution is 2.48. The molecule has 3 atom stereocenters. The van der Waals surface area contributed by atoms with Crippen molar-refractivity contribution in [3.63, 3.8) is 0 Å². The molecule has 2 heterocycles. The average molecular weight is 324 g/mol. The van der Waals surface area contributed by atoms with Gasteiger partial charge in [0.15, 0.2) is 0 Å². The van der Waals surface area contributed by atoms with E-state index in [4.69, 9.17) is 0 Å². The van der Waals surface area contributed by atoms with Gasteiger partial charge in [0.05, 0.1) is 5.41 Å². The molecule has 0 spiro atoms. The zero-order chi connectivity index (χ0) is 15.0. The Balaban J connectivity index is 0.00000176. The van der Waals surface area contributed by atoms with Gasteiger partial charge in [0.25, 0.3) is 0 Å². The van der Waals surface area contributed by atoms with E-state index in [9.17, 15) is 9.90 Å². The van der Waals surface area contributed by atoms with Crippen molar-refractivity contribution in [2.75, 3.05) is 7.05 Å². The number of hydrogen-bond acceptors (Lipinski definition) is 2. The molecule has 2 saturated heterocycles. The largest absolute Gasteiger partial charge is 0.481 e. The predicted molar refractivity (Wildman–Crippen MR) is 90.6 cm³/mol. The summed E-state index contributed by atoms with van der Waals surface area (Å²) in [6.07, 6.45) is 5.15. The summed E-state index contributed by atoms with van der Waals surface area (Å²) in [7, 11) is 2.20. The summed E-state index contributed by atoms with van der Waals surface area (Å²) in [5, 5.41) is 10.1. The minimum atomic E-state index is -0.719. The Labute approximate surface area is 139 Å². The number of halogens is 1. The molecule has 0 amide bonds. The lowest BCUT2D eigenvalue weighted by Gasteiger charge is -2.45. The molecule has 2 aliphatic rings. The van der Waals surface area contributed by atoms with Crippen molar-refractivity contribution in [1.82, 2.24) is 4.90 Å². The number of aliphatic carboxylic acids is 1. The Hall–Kier alpha value is -1.06. The topological polar surface area (TPSA) is 40.5 Å². The van der Waals surface area contributed by atoms with Crippen LogP contribution in [0.15, 0.2) is 30.3 Å². The first kappa shape index (κ1) is 17.3. The number of fused-ring (bicyclic) bond motifs is 2. The maximum atomic E-state index is 12.3. The van der Waals surface area contributed by atoms with Crippen LogP contribution in [0.5, 0.6) is 0 Å². The first-order valence-corrected chi connectivity index (χ1v) is 8.10. The summed E-state index contributed by atoms with van der Waals surface area (Å²) >= 11 is 0. The van der Waals surface area contributed by atoms with Gasteiger partial charge in [-0.2, -0.15) is 0 Å². The molecule has 4 heteroatoms. The summed E-state index contributed by atoms with van der Waals surface area (Å²) in [5.74, 6) is -0.402. The zero-order valence-corrected chi connectivity index (χ0v) is 14.2. The van der Waals surface area contributed by atoms with E-state index in [1.807, 2.05) is 37.3 Å². The molecule has 2 fully saturated rings. The van der Waals surface area contributed by atoms with Crippen LogP contribution < -0.4 is 0 Å². The fourth-order valence-corrected chi connectivity index (χ4v) is 4.73. The van der Waals surface area contributed by atoms with E-state index in [1.165, 1.54) is 12.8 Å². The third kappa shape index (κ3) is 2.55. The minimum Gasteiger partial charge on any atom is -0.481 e. The molecule has 0 aromatic heterocycles. The lowest BCUT2D eigenvalue weighted by Crippen LogP contribution is -2.50. The van der Waals surface area contributed by atoms with Crippen LogP contribution in [0.1, 0.15) is 44.6 Å². The number of rotatable bonds is 4. The summed E-state index contributed by atoms with van der Waals surface area (Å²) in [4.78, 5) is 14.7. The number of nitrogens with zero attached hydrogens (tertiary/aromatic N) is 1. The van der Waals surface area contributed by atoms with E-state index < -0.39 is 11.4 Å². The van der Waals surface area contributed by atoms with Crippen LogP contribution >= 0.6 is 12.4 Å². The van der Waals surface area contributed by atoms with Gasteiger partial charge < -0.3 is 10.0 Å². The van der Waals surface area contributed by atoms with Gasteiger partial charge in [0.2, 0.25) is 0 Å². The molecule has 0 saturated carbocycles. The molecule has 0 radical (unpaired) electrons. The summed E-state index contributed by atoms with van der Waals surface area (Å²) < 4.78 is 0. The van der Waals surface area contributed by atoms with E-state index in [0.29, 0.717) is 18.5 Å². The van der Waals surface area contributed by atoms with E-state index in [1.54, 1.807) is 0 Å². The Morgan fingerprint density at radius 3 is 2.23 bits per heavy atom. The van der Waals surface area contributed by atoms with Crippen LogP contribution in [0.2, 0.25) is 0 Å². The number of hydrogen-bond donors (Lipinski definition) is 1. The second-order valence-electron chi connectivity index (χ2n) is 6.71. The first-order valence-electron chi connectivity index (χ1n) is 8.10. The molecule has 122 valence electrons. The Bertz CT molecular complexity index is 507. The van der Waals surface area contributed by atoms with Gasteiger partial charge in [-0.1, -0.05) is 37.3 Å². The normalized spacial score (nSPS) is 30.4. The third-order valence-electron chi connectivity index (χ3n) is 6.02. The second-order valence-corrected chi connectivity index (χ2v) is 6.71.